The van der Waals surface area contributed by atoms with Gasteiger partial charge in [0, 0.05) is 18.7 Å². The maximum absolute atomic E-state index is 13.0. The predicted octanol–water partition coefficient (Wildman–Crippen LogP) is 4.49. The zero-order valence-electron chi connectivity index (χ0n) is 18.0. The number of ether oxygens (including phenoxy) is 2. The first-order valence-electron chi connectivity index (χ1n) is 10.0. The third-order valence-electron chi connectivity index (χ3n) is 4.99. The van der Waals surface area contributed by atoms with Gasteiger partial charge in [0.05, 0.1) is 23.8 Å². The first-order chi connectivity index (χ1) is 14.7. The molecule has 0 spiro atoms. The molecule has 1 saturated heterocycles. The minimum Gasteiger partial charge on any atom is -0.507 e. The Balaban J connectivity index is 2.06. The average molecular weight is 448 g/mol. The van der Waals surface area contributed by atoms with Crippen molar-refractivity contribution < 1.29 is 28.6 Å². The minimum absolute atomic E-state index is 0.0640. The molecule has 1 atom stereocenters. The number of nitrogens with zero attached hydrogens (tertiary/aromatic N) is 1. The Bertz CT molecular complexity index is 1010. The molecular formula is C23H26ClNO6. The molecule has 2 heterocycles. The summed E-state index contributed by atoms with van der Waals surface area (Å²) in [6, 6.07) is 7.29. The molecule has 0 aliphatic carbocycles. The maximum atomic E-state index is 13.0. The number of aliphatic hydroxyl groups excluding tert-OH is 1. The van der Waals surface area contributed by atoms with Crippen LogP contribution in [0.25, 0.3) is 5.76 Å². The standard InChI is InChI=1S/C23H26ClNO6/c1-13(2)30-11-5-10-25-20(18-9-6-14(3)31-18)19(22(27)23(25)28)21(26)16-12-15(29-4)7-8-17(16)24/h6-9,12-13,20,26H,5,10-11H2,1-4H3/b21-19+. The molecule has 1 aromatic carbocycles. The van der Waals surface area contributed by atoms with Crippen molar-refractivity contribution >= 4 is 29.1 Å². The molecule has 0 radical (unpaired) electrons. The number of methoxy groups -OCH3 is 1. The van der Waals surface area contributed by atoms with Crippen LogP contribution in [0.5, 0.6) is 5.75 Å². The third kappa shape index (κ3) is 4.78. The molecule has 31 heavy (non-hydrogen) atoms. The van der Waals surface area contributed by atoms with Gasteiger partial charge in [-0.2, -0.15) is 0 Å². The van der Waals surface area contributed by atoms with Gasteiger partial charge >= 0.3 is 0 Å². The van der Waals surface area contributed by atoms with Gasteiger partial charge in [-0.3, -0.25) is 9.59 Å². The lowest BCUT2D eigenvalue weighted by Gasteiger charge is -2.23. The maximum Gasteiger partial charge on any atom is 0.295 e. The largest absolute Gasteiger partial charge is 0.507 e. The van der Waals surface area contributed by atoms with E-state index in [2.05, 4.69) is 0 Å². The van der Waals surface area contributed by atoms with E-state index in [4.69, 9.17) is 25.5 Å². The first kappa shape index (κ1) is 22.9. The van der Waals surface area contributed by atoms with Crippen molar-refractivity contribution in [2.75, 3.05) is 20.3 Å². The van der Waals surface area contributed by atoms with Gasteiger partial charge in [-0.05, 0) is 57.5 Å². The Morgan fingerprint density at radius 1 is 1.26 bits per heavy atom. The van der Waals surface area contributed by atoms with E-state index in [0.29, 0.717) is 30.3 Å². The van der Waals surface area contributed by atoms with Crippen LogP contribution in [-0.2, 0) is 14.3 Å². The summed E-state index contributed by atoms with van der Waals surface area (Å²) in [5, 5.41) is 11.3. The zero-order valence-corrected chi connectivity index (χ0v) is 18.7. The van der Waals surface area contributed by atoms with Crippen molar-refractivity contribution in [3.05, 3.63) is 58.0 Å². The van der Waals surface area contributed by atoms with Crippen LogP contribution in [0.1, 0.15) is 43.4 Å². The molecule has 3 rings (SSSR count). The third-order valence-corrected chi connectivity index (χ3v) is 5.32. The summed E-state index contributed by atoms with van der Waals surface area (Å²) in [4.78, 5) is 27.2. The Kier molecular flexibility index (Phi) is 7.08. The van der Waals surface area contributed by atoms with Crippen LogP contribution < -0.4 is 4.74 Å². The zero-order chi connectivity index (χ0) is 22.7. The highest BCUT2D eigenvalue weighted by Gasteiger charge is 2.47. The summed E-state index contributed by atoms with van der Waals surface area (Å²) >= 11 is 6.28. The summed E-state index contributed by atoms with van der Waals surface area (Å²) in [6.45, 7) is 6.33. The first-order valence-corrected chi connectivity index (χ1v) is 10.4. The van der Waals surface area contributed by atoms with Crippen LogP contribution in [0.4, 0.5) is 0 Å². The molecule has 1 unspecified atom stereocenters. The predicted molar refractivity (Wildman–Crippen MR) is 116 cm³/mol. The topological polar surface area (TPSA) is 89.2 Å². The molecule has 1 N–H and O–H groups in total. The lowest BCUT2D eigenvalue weighted by molar-refractivity contribution is -0.140. The van der Waals surface area contributed by atoms with Crippen LogP contribution in [0, 0.1) is 6.92 Å². The Morgan fingerprint density at radius 3 is 2.61 bits per heavy atom. The monoisotopic (exact) mass is 447 g/mol. The summed E-state index contributed by atoms with van der Waals surface area (Å²) in [7, 11) is 1.48. The van der Waals surface area contributed by atoms with E-state index in [1.807, 2.05) is 13.8 Å². The summed E-state index contributed by atoms with van der Waals surface area (Å²) < 4.78 is 16.5. The normalized spacial score (nSPS) is 18.3. The number of rotatable bonds is 8. The van der Waals surface area contributed by atoms with Gasteiger partial charge in [0.15, 0.2) is 0 Å². The van der Waals surface area contributed by atoms with Gasteiger partial charge < -0.3 is 23.9 Å². The highest BCUT2D eigenvalue weighted by atomic mass is 35.5. The number of halogens is 1. The van der Waals surface area contributed by atoms with Crippen LogP contribution in [0.3, 0.4) is 0 Å². The summed E-state index contributed by atoms with van der Waals surface area (Å²) in [6.07, 6.45) is 0.593. The SMILES string of the molecule is COc1ccc(Cl)c(/C(O)=C2\C(=O)C(=O)N(CCCOC(C)C)C2c2ccc(C)o2)c1. The second-order valence-corrected chi connectivity index (χ2v) is 7.97. The van der Waals surface area contributed by atoms with E-state index in [-0.39, 0.29) is 34.6 Å². The van der Waals surface area contributed by atoms with Crippen molar-refractivity contribution in [3.8, 4) is 5.75 Å². The van der Waals surface area contributed by atoms with Gasteiger partial charge in [0.2, 0.25) is 0 Å². The fraction of sp³-hybridized carbons (Fsp3) is 0.391. The molecule has 1 aromatic heterocycles. The molecule has 0 bridgehead atoms. The Morgan fingerprint density at radius 2 is 2.00 bits per heavy atom. The number of benzene rings is 1. The van der Waals surface area contributed by atoms with Crippen LogP contribution in [-0.4, -0.2) is 48.1 Å². The number of likely N-dealkylation sites (tertiary alicyclic amines) is 1. The van der Waals surface area contributed by atoms with E-state index in [1.54, 1.807) is 31.2 Å². The van der Waals surface area contributed by atoms with Gasteiger partial charge in [-0.15, -0.1) is 0 Å². The van der Waals surface area contributed by atoms with Crippen molar-refractivity contribution in [1.29, 1.82) is 0 Å². The fourth-order valence-corrected chi connectivity index (χ4v) is 3.73. The second kappa shape index (κ2) is 9.58. The second-order valence-electron chi connectivity index (χ2n) is 7.56. The quantitative estimate of drug-likeness (QED) is 0.277. The molecule has 1 fully saturated rings. The van der Waals surface area contributed by atoms with Crippen molar-refractivity contribution in [3.63, 3.8) is 0 Å². The van der Waals surface area contributed by atoms with E-state index >= 15 is 0 Å². The molecule has 8 heteroatoms. The van der Waals surface area contributed by atoms with Crippen LogP contribution >= 0.6 is 11.6 Å². The van der Waals surface area contributed by atoms with E-state index < -0.39 is 17.7 Å². The summed E-state index contributed by atoms with van der Waals surface area (Å²) in [5.41, 5.74) is 0.134. The average Bonchev–Trinajstić information content (AvgIpc) is 3.26. The highest BCUT2D eigenvalue weighted by molar-refractivity contribution is 6.46. The van der Waals surface area contributed by atoms with E-state index in [0.717, 1.165) is 0 Å². The number of amides is 1. The number of furan rings is 1. The lowest BCUT2D eigenvalue weighted by atomic mass is 9.99. The fourth-order valence-electron chi connectivity index (χ4n) is 3.52. The van der Waals surface area contributed by atoms with Crippen molar-refractivity contribution in [1.82, 2.24) is 4.90 Å². The molecule has 2 aromatic rings. The molecular weight excluding hydrogens is 422 g/mol. The van der Waals surface area contributed by atoms with E-state index in [9.17, 15) is 14.7 Å². The van der Waals surface area contributed by atoms with Gasteiger partial charge in [0.1, 0.15) is 29.1 Å². The van der Waals surface area contributed by atoms with Crippen LogP contribution in [0.2, 0.25) is 5.02 Å². The molecule has 1 amide bonds. The number of carbonyl (C=O) groups is 2. The molecule has 1 aliphatic heterocycles. The molecule has 166 valence electrons. The van der Waals surface area contributed by atoms with Crippen molar-refractivity contribution in [2.24, 2.45) is 0 Å². The summed E-state index contributed by atoms with van der Waals surface area (Å²) in [5.74, 6) is -0.395. The Hall–Kier alpha value is -2.77. The number of aliphatic hydroxyl groups is 1. The van der Waals surface area contributed by atoms with Gasteiger partial charge in [-0.25, -0.2) is 0 Å². The van der Waals surface area contributed by atoms with Gasteiger partial charge in [-0.1, -0.05) is 11.6 Å². The molecule has 0 saturated carbocycles. The number of hydrogen-bond acceptors (Lipinski definition) is 6. The smallest absolute Gasteiger partial charge is 0.295 e. The Labute approximate surface area is 186 Å². The number of aryl methyl sites for hydroxylation is 1. The number of carbonyl (C=O) groups excluding carboxylic acids is 2. The number of ketones is 1. The van der Waals surface area contributed by atoms with Crippen molar-refractivity contribution in [2.45, 2.75) is 39.3 Å². The lowest BCUT2D eigenvalue weighted by Crippen LogP contribution is -2.31. The molecule has 7 nitrogen and oxygen atoms in total. The van der Waals surface area contributed by atoms with Gasteiger partial charge in [0.25, 0.3) is 11.7 Å². The minimum atomic E-state index is -0.866. The van der Waals surface area contributed by atoms with E-state index in [1.165, 1.54) is 18.1 Å². The van der Waals surface area contributed by atoms with Crippen LogP contribution in [0.15, 0.2) is 40.3 Å². The number of Topliss-reactive ketones (excluding diaryl/α,β-unsaturated/α-hetero) is 1. The molecule has 1 aliphatic rings. The number of hydrogen-bond donors (Lipinski definition) is 1. The highest BCUT2D eigenvalue weighted by Crippen LogP contribution is 2.41.